The van der Waals surface area contributed by atoms with E-state index in [-0.39, 0.29) is 12.1 Å². The average molecular weight is 240 g/mol. The number of non-ortho nitro benzene ring substituents is 1. The molecule has 2 atom stereocenters. The summed E-state index contributed by atoms with van der Waals surface area (Å²) in [5.74, 6) is 0. The Morgan fingerprint density at radius 3 is 2.12 bits per heavy atom. The lowest BCUT2D eigenvalue weighted by Gasteiger charge is -2.14. The van der Waals surface area contributed by atoms with Gasteiger partial charge in [0, 0.05) is 23.5 Å². The second-order valence-corrected chi connectivity index (χ2v) is 3.55. The standard InChI is InChI=1S/C10H12N2O5/c1-2-9(12(16)17)10(13)7-3-5-8(6-4-7)11(14)15/h3-6,9-10,13H,2H2,1H3/t9-,10-/m1/s1. The van der Waals surface area contributed by atoms with Gasteiger partial charge >= 0.3 is 0 Å². The molecule has 92 valence electrons. The summed E-state index contributed by atoms with van der Waals surface area (Å²) in [6, 6.07) is 3.98. The van der Waals surface area contributed by atoms with Crippen molar-refractivity contribution in [1.29, 1.82) is 0 Å². The smallest absolute Gasteiger partial charge is 0.269 e. The third-order valence-corrected chi connectivity index (χ3v) is 2.50. The van der Waals surface area contributed by atoms with Crippen LogP contribution in [0.5, 0.6) is 0 Å². The summed E-state index contributed by atoms with van der Waals surface area (Å²) < 4.78 is 0. The van der Waals surface area contributed by atoms with E-state index in [1.54, 1.807) is 6.92 Å². The van der Waals surface area contributed by atoms with Crippen LogP contribution >= 0.6 is 0 Å². The third kappa shape index (κ3) is 2.97. The fourth-order valence-electron chi connectivity index (χ4n) is 1.50. The number of rotatable bonds is 5. The van der Waals surface area contributed by atoms with Crippen LogP contribution in [0.1, 0.15) is 25.0 Å². The molecule has 0 fully saturated rings. The van der Waals surface area contributed by atoms with E-state index in [1.165, 1.54) is 24.3 Å². The van der Waals surface area contributed by atoms with Crippen molar-refractivity contribution in [3.63, 3.8) is 0 Å². The molecular weight excluding hydrogens is 228 g/mol. The van der Waals surface area contributed by atoms with Gasteiger partial charge in [0.05, 0.1) is 4.92 Å². The minimum atomic E-state index is -1.25. The van der Waals surface area contributed by atoms with E-state index in [4.69, 9.17) is 0 Å². The summed E-state index contributed by atoms with van der Waals surface area (Å²) >= 11 is 0. The predicted molar refractivity (Wildman–Crippen MR) is 59.1 cm³/mol. The van der Waals surface area contributed by atoms with E-state index in [0.29, 0.717) is 5.56 Å². The lowest BCUT2D eigenvalue weighted by Crippen LogP contribution is -2.26. The van der Waals surface area contributed by atoms with Crippen LogP contribution in [0.15, 0.2) is 24.3 Å². The Labute approximate surface area is 97.0 Å². The van der Waals surface area contributed by atoms with Crippen LogP contribution in [0.25, 0.3) is 0 Å². The van der Waals surface area contributed by atoms with Crippen LogP contribution in [0.3, 0.4) is 0 Å². The molecule has 0 aliphatic rings. The van der Waals surface area contributed by atoms with E-state index >= 15 is 0 Å². The maximum absolute atomic E-state index is 10.7. The Morgan fingerprint density at radius 1 is 1.24 bits per heavy atom. The Balaban J connectivity index is 2.92. The first kappa shape index (κ1) is 13.0. The normalized spacial score (nSPS) is 14.0. The molecule has 0 radical (unpaired) electrons. The summed E-state index contributed by atoms with van der Waals surface area (Å²) in [7, 11) is 0. The first-order valence-electron chi connectivity index (χ1n) is 5.03. The minimum absolute atomic E-state index is 0.116. The topological polar surface area (TPSA) is 107 Å². The minimum Gasteiger partial charge on any atom is -0.381 e. The number of aliphatic hydroxyl groups excluding tert-OH is 1. The van der Waals surface area contributed by atoms with Crippen molar-refractivity contribution in [2.24, 2.45) is 0 Å². The van der Waals surface area contributed by atoms with Crippen molar-refractivity contribution in [2.75, 3.05) is 0 Å². The Hall–Kier alpha value is -2.02. The molecule has 0 aromatic heterocycles. The number of benzene rings is 1. The van der Waals surface area contributed by atoms with Crippen LogP contribution in [-0.2, 0) is 0 Å². The molecule has 0 saturated heterocycles. The Bertz CT molecular complexity index is 417. The second kappa shape index (κ2) is 5.35. The molecule has 1 rings (SSSR count). The largest absolute Gasteiger partial charge is 0.381 e. The van der Waals surface area contributed by atoms with Gasteiger partial charge in [0.25, 0.3) is 5.69 Å². The quantitative estimate of drug-likeness (QED) is 0.622. The van der Waals surface area contributed by atoms with E-state index in [9.17, 15) is 25.3 Å². The summed E-state index contributed by atoms with van der Waals surface area (Å²) in [5, 5.41) is 30.8. The molecule has 0 aliphatic carbocycles. The Morgan fingerprint density at radius 2 is 1.76 bits per heavy atom. The van der Waals surface area contributed by atoms with E-state index in [1.807, 2.05) is 0 Å². The van der Waals surface area contributed by atoms with Gasteiger partial charge < -0.3 is 5.11 Å². The van der Waals surface area contributed by atoms with Gasteiger partial charge in [0.1, 0.15) is 6.10 Å². The second-order valence-electron chi connectivity index (χ2n) is 3.55. The maximum atomic E-state index is 10.7. The van der Waals surface area contributed by atoms with E-state index < -0.39 is 22.0 Å². The van der Waals surface area contributed by atoms with Gasteiger partial charge in [-0.3, -0.25) is 20.2 Å². The van der Waals surface area contributed by atoms with Crippen molar-refractivity contribution in [2.45, 2.75) is 25.5 Å². The average Bonchev–Trinajstić information content (AvgIpc) is 2.29. The molecule has 7 nitrogen and oxygen atoms in total. The fourth-order valence-corrected chi connectivity index (χ4v) is 1.50. The SMILES string of the molecule is CC[C@H]([C@H](O)c1ccc([N+](=O)[O-])cc1)[N+](=O)[O-]. The van der Waals surface area contributed by atoms with Gasteiger partial charge in [0.15, 0.2) is 0 Å². The lowest BCUT2D eigenvalue weighted by atomic mass is 10.0. The number of hydrogen-bond donors (Lipinski definition) is 1. The molecule has 0 spiro atoms. The van der Waals surface area contributed by atoms with Crippen molar-refractivity contribution in [3.8, 4) is 0 Å². The molecule has 0 amide bonds. The van der Waals surface area contributed by atoms with Crippen molar-refractivity contribution in [3.05, 3.63) is 50.1 Å². The Kier molecular flexibility index (Phi) is 4.11. The van der Waals surface area contributed by atoms with Crippen LogP contribution in [0, 0.1) is 20.2 Å². The zero-order valence-electron chi connectivity index (χ0n) is 9.15. The molecule has 17 heavy (non-hydrogen) atoms. The molecule has 7 heteroatoms. The van der Waals surface area contributed by atoms with Crippen LogP contribution in [0.4, 0.5) is 5.69 Å². The molecule has 0 saturated carbocycles. The van der Waals surface area contributed by atoms with Crippen LogP contribution in [-0.4, -0.2) is 21.0 Å². The number of hydrogen-bond acceptors (Lipinski definition) is 5. The van der Waals surface area contributed by atoms with E-state index in [2.05, 4.69) is 0 Å². The third-order valence-electron chi connectivity index (χ3n) is 2.50. The van der Waals surface area contributed by atoms with Crippen LogP contribution < -0.4 is 0 Å². The monoisotopic (exact) mass is 240 g/mol. The predicted octanol–water partition coefficient (Wildman–Crippen LogP) is 1.68. The molecule has 0 unspecified atom stereocenters. The number of aliphatic hydroxyl groups is 1. The zero-order valence-corrected chi connectivity index (χ0v) is 9.15. The highest BCUT2D eigenvalue weighted by molar-refractivity contribution is 5.34. The lowest BCUT2D eigenvalue weighted by molar-refractivity contribution is -0.536. The number of nitrogens with zero attached hydrogens (tertiary/aromatic N) is 2. The molecule has 0 aliphatic heterocycles. The van der Waals surface area contributed by atoms with Gasteiger partial charge in [-0.25, -0.2) is 0 Å². The summed E-state index contributed by atoms with van der Waals surface area (Å²) in [4.78, 5) is 20.0. The molecule has 0 heterocycles. The van der Waals surface area contributed by atoms with Gasteiger partial charge in [0.2, 0.25) is 6.04 Å². The molecule has 0 bridgehead atoms. The van der Waals surface area contributed by atoms with Gasteiger partial charge in [-0.15, -0.1) is 0 Å². The molecule has 1 N–H and O–H groups in total. The van der Waals surface area contributed by atoms with Crippen LogP contribution in [0.2, 0.25) is 0 Å². The number of nitro groups is 2. The summed E-state index contributed by atoms with van der Waals surface area (Å²) in [6.45, 7) is 1.60. The fraction of sp³-hybridized carbons (Fsp3) is 0.400. The highest BCUT2D eigenvalue weighted by Crippen LogP contribution is 2.23. The molecular formula is C10H12N2O5. The molecule has 1 aromatic carbocycles. The van der Waals surface area contributed by atoms with Gasteiger partial charge in [-0.2, -0.15) is 0 Å². The summed E-state index contributed by atoms with van der Waals surface area (Å²) in [6.07, 6.45) is -1.07. The van der Waals surface area contributed by atoms with Gasteiger partial charge in [-0.05, 0) is 17.7 Å². The highest BCUT2D eigenvalue weighted by atomic mass is 16.6. The highest BCUT2D eigenvalue weighted by Gasteiger charge is 2.29. The maximum Gasteiger partial charge on any atom is 0.269 e. The van der Waals surface area contributed by atoms with Gasteiger partial charge in [-0.1, -0.05) is 6.92 Å². The first-order chi connectivity index (χ1) is 7.97. The van der Waals surface area contributed by atoms with Crippen molar-refractivity contribution >= 4 is 5.69 Å². The molecule has 1 aromatic rings. The summed E-state index contributed by atoms with van der Waals surface area (Å²) in [5.41, 5.74) is 0.189. The van der Waals surface area contributed by atoms with E-state index in [0.717, 1.165) is 0 Å². The first-order valence-corrected chi connectivity index (χ1v) is 5.03. The van der Waals surface area contributed by atoms with Crippen molar-refractivity contribution < 1.29 is 15.0 Å². The zero-order chi connectivity index (χ0) is 13.0. The van der Waals surface area contributed by atoms with Crippen molar-refractivity contribution in [1.82, 2.24) is 0 Å². The number of nitro benzene ring substituents is 1.